The third kappa shape index (κ3) is 0.947. The number of allylic oxidation sites excluding steroid dienone is 4. The molecule has 2 heteroatoms. The summed E-state index contributed by atoms with van der Waals surface area (Å²) in [6, 6.07) is 2.15. The molecule has 2 aliphatic rings. The van der Waals surface area contributed by atoms with E-state index < -0.39 is 0 Å². The standard InChI is InChI=1S/C9H8N2/c10-5-7-4-8-2-1-3-9(8)11-6-7/h1,3-4,11H,2,6H2. The zero-order valence-electron chi connectivity index (χ0n) is 6.09. The predicted octanol–water partition coefficient (Wildman–Crippen LogP) is 1.25. The first kappa shape index (κ1) is 6.23. The van der Waals surface area contributed by atoms with Gasteiger partial charge in [-0.1, -0.05) is 6.08 Å². The van der Waals surface area contributed by atoms with Crippen LogP contribution in [0.5, 0.6) is 0 Å². The molecule has 0 aromatic carbocycles. The van der Waals surface area contributed by atoms with Crippen molar-refractivity contribution in [3.8, 4) is 6.07 Å². The molecule has 2 nitrogen and oxygen atoms in total. The van der Waals surface area contributed by atoms with E-state index >= 15 is 0 Å². The van der Waals surface area contributed by atoms with Crippen molar-refractivity contribution >= 4 is 0 Å². The minimum Gasteiger partial charge on any atom is -0.380 e. The van der Waals surface area contributed by atoms with Crippen LogP contribution in [0.3, 0.4) is 0 Å². The average Bonchev–Trinajstić information content (AvgIpc) is 2.50. The van der Waals surface area contributed by atoms with Crippen LogP contribution in [0.2, 0.25) is 0 Å². The van der Waals surface area contributed by atoms with E-state index in [1.165, 1.54) is 11.3 Å². The Labute approximate surface area is 65.5 Å². The molecule has 0 bridgehead atoms. The Bertz CT molecular complexity index is 313. The summed E-state index contributed by atoms with van der Waals surface area (Å²) in [6.07, 6.45) is 7.12. The molecule has 0 unspecified atom stereocenters. The molecule has 0 saturated carbocycles. The second kappa shape index (κ2) is 2.28. The Morgan fingerprint density at radius 3 is 3.27 bits per heavy atom. The molecule has 0 atom stereocenters. The van der Waals surface area contributed by atoms with Gasteiger partial charge in [-0.3, -0.25) is 0 Å². The molecule has 2 rings (SSSR count). The molecule has 1 aliphatic carbocycles. The van der Waals surface area contributed by atoms with Gasteiger partial charge in [0.1, 0.15) is 0 Å². The van der Waals surface area contributed by atoms with Crippen molar-refractivity contribution in [1.82, 2.24) is 5.32 Å². The first-order valence-electron chi connectivity index (χ1n) is 3.64. The van der Waals surface area contributed by atoms with E-state index in [4.69, 9.17) is 5.26 Å². The smallest absolute Gasteiger partial charge is 0.0966 e. The van der Waals surface area contributed by atoms with E-state index in [2.05, 4.69) is 23.5 Å². The van der Waals surface area contributed by atoms with Gasteiger partial charge >= 0.3 is 0 Å². The number of nitriles is 1. The summed E-state index contributed by atoms with van der Waals surface area (Å²) >= 11 is 0. The molecule has 1 N–H and O–H groups in total. The van der Waals surface area contributed by atoms with Gasteiger partial charge in [0, 0.05) is 11.3 Å². The van der Waals surface area contributed by atoms with Crippen molar-refractivity contribution < 1.29 is 0 Å². The maximum atomic E-state index is 8.61. The van der Waals surface area contributed by atoms with Gasteiger partial charge in [-0.2, -0.15) is 5.26 Å². The van der Waals surface area contributed by atoms with Crippen molar-refractivity contribution in [2.24, 2.45) is 0 Å². The Morgan fingerprint density at radius 1 is 1.55 bits per heavy atom. The number of rotatable bonds is 0. The number of nitrogens with one attached hydrogen (secondary N) is 1. The van der Waals surface area contributed by atoms with Gasteiger partial charge in [0.2, 0.25) is 0 Å². The van der Waals surface area contributed by atoms with Crippen molar-refractivity contribution in [2.45, 2.75) is 6.42 Å². The first-order chi connectivity index (χ1) is 5.40. The molecular weight excluding hydrogens is 136 g/mol. The molecule has 0 aromatic rings. The largest absolute Gasteiger partial charge is 0.380 e. The van der Waals surface area contributed by atoms with Gasteiger partial charge in [-0.25, -0.2) is 0 Å². The topological polar surface area (TPSA) is 35.8 Å². The van der Waals surface area contributed by atoms with E-state index in [-0.39, 0.29) is 0 Å². The Balaban J connectivity index is 2.33. The van der Waals surface area contributed by atoms with Crippen LogP contribution in [0.4, 0.5) is 0 Å². The van der Waals surface area contributed by atoms with Crippen molar-refractivity contribution in [3.63, 3.8) is 0 Å². The highest BCUT2D eigenvalue weighted by Gasteiger charge is 2.12. The Kier molecular flexibility index (Phi) is 1.29. The van der Waals surface area contributed by atoms with Gasteiger partial charge in [0.15, 0.2) is 0 Å². The summed E-state index contributed by atoms with van der Waals surface area (Å²) in [7, 11) is 0. The molecule has 54 valence electrons. The monoisotopic (exact) mass is 144 g/mol. The summed E-state index contributed by atoms with van der Waals surface area (Å²) in [5.74, 6) is 0. The molecule has 0 fully saturated rings. The Morgan fingerprint density at radius 2 is 2.45 bits per heavy atom. The van der Waals surface area contributed by atoms with E-state index in [1.807, 2.05) is 6.08 Å². The van der Waals surface area contributed by atoms with Crippen LogP contribution < -0.4 is 5.32 Å². The quantitative estimate of drug-likeness (QED) is 0.555. The van der Waals surface area contributed by atoms with Crippen LogP contribution in [0.1, 0.15) is 6.42 Å². The number of nitrogens with zero attached hydrogens (tertiary/aromatic N) is 1. The minimum absolute atomic E-state index is 0.680. The molecule has 0 saturated heterocycles. The minimum atomic E-state index is 0.680. The molecule has 1 heterocycles. The lowest BCUT2D eigenvalue weighted by Gasteiger charge is -2.12. The van der Waals surface area contributed by atoms with Crippen molar-refractivity contribution in [3.05, 3.63) is 35.1 Å². The molecule has 11 heavy (non-hydrogen) atoms. The summed E-state index contributed by atoms with van der Waals surface area (Å²) in [6.45, 7) is 0.680. The van der Waals surface area contributed by atoms with Gasteiger partial charge < -0.3 is 5.32 Å². The number of dihydropyridines is 1. The van der Waals surface area contributed by atoms with E-state index in [1.54, 1.807) is 0 Å². The maximum absolute atomic E-state index is 8.61. The fourth-order valence-corrected chi connectivity index (χ4v) is 1.35. The average molecular weight is 144 g/mol. The summed E-state index contributed by atoms with van der Waals surface area (Å²) in [5.41, 5.74) is 3.25. The van der Waals surface area contributed by atoms with E-state index in [0.717, 1.165) is 12.0 Å². The Hall–Kier alpha value is -1.49. The van der Waals surface area contributed by atoms with E-state index in [0.29, 0.717) is 6.54 Å². The molecule has 0 amide bonds. The molecule has 0 aromatic heterocycles. The predicted molar refractivity (Wildman–Crippen MR) is 42.5 cm³/mol. The summed E-state index contributed by atoms with van der Waals surface area (Å²) in [4.78, 5) is 0. The fourth-order valence-electron chi connectivity index (χ4n) is 1.35. The van der Waals surface area contributed by atoms with Crippen LogP contribution in [-0.2, 0) is 0 Å². The molecular formula is C9H8N2. The normalized spacial score (nSPS) is 20.5. The van der Waals surface area contributed by atoms with Crippen molar-refractivity contribution in [1.29, 1.82) is 5.26 Å². The van der Waals surface area contributed by atoms with Crippen LogP contribution in [0.25, 0.3) is 0 Å². The van der Waals surface area contributed by atoms with Crippen molar-refractivity contribution in [2.75, 3.05) is 6.54 Å². The highest BCUT2D eigenvalue weighted by Crippen LogP contribution is 2.22. The van der Waals surface area contributed by atoms with Crippen LogP contribution in [0.15, 0.2) is 35.1 Å². The second-order valence-corrected chi connectivity index (χ2v) is 2.68. The van der Waals surface area contributed by atoms with Crippen LogP contribution in [-0.4, -0.2) is 6.54 Å². The lowest BCUT2D eigenvalue weighted by molar-refractivity contribution is 0.884. The van der Waals surface area contributed by atoms with Gasteiger partial charge in [-0.15, -0.1) is 0 Å². The van der Waals surface area contributed by atoms with Crippen LogP contribution in [0, 0.1) is 11.3 Å². The maximum Gasteiger partial charge on any atom is 0.0966 e. The zero-order chi connectivity index (χ0) is 7.68. The van der Waals surface area contributed by atoms with Gasteiger partial charge in [-0.05, 0) is 24.1 Å². The second-order valence-electron chi connectivity index (χ2n) is 2.68. The van der Waals surface area contributed by atoms with Crippen LogP contribution >= 0.6 is 0 Å². The third-order valence-electron chi connectivity index (χ3n) is 1.93. The lowest BCUT2D eigenvalue weighted by Crippen LogP contribution is -2.18. The van der Waals surface area contributed by atoms with Gasteiger partial charge in [0.05, 0.1) is 12.6 Å². The lowest BCUT2D eigenvalue weighted by atomic mass is 10.1. The fraction of sp³-hybridized carbons (Fsp3) is 0.222. The highest BCUT2D eigenvalue weighted by atomic mass is 14.9. The summed E-state index contributed by atoms with van der Waals surface area (Å²) < 4.78 is 0. The summed E-state index contributed by atoms with van der Waals surface area (Å²) in [5, 5.41) is 11.8. The first-order valence-corrected chi connectivity index (χ1v) is 3.64. The zero-order valence-corrected chi connectivity index (χ0v) is 6.09. The number of hydrogen-bond donors (Lipinski definition) is 1. The molecule has 1 aliphatic heterocycles. The number of hydrogen-bond acceptors (Lipinski definition) is 2. The highest BCUT2D eigenvalue weighted by molar-refractivity contribution is 5.47. The molecule has 0 spiro atoms. The van der Waals surface area contributed by atoms with E-state index in [9.17, 15) is 0 Å². The van der Waals surface area contributed by atoms with Gasteiger partial charge in [0.25, 0.3) is 0 Å². The molecule has 0 radical (unpaired) electrons. The SMILES string of the molecule is N#CC1=CC2=C(C=CC2)NC1. The third-order valence-corrected chi connectivity index (χ3v) is 1.93.